The van der Waals surface area contributed by atoms with Crippen molar-refractivity contribution in [1.82, 2.24) is 0 Å². The zero-order chi connectivity index (χ0) is 13.9. The van der Waals surface area contributed by atoms with Crippen LogP contribution in [0.4, 0.5) is 5.69 Å². The van der Waals surface area contributed by atoms with Gasteiger partial charge in [-0.2, -0.15) is 0 Å². The van der Waals surface area contributed by atoms with Gasteiger partial charge in [0.15, 0.2) is 5.75 Å². The van der Waals surface area contributed by atoms with Crippen LogP contribution < -0.4 is 5.73 Å². The van der Waals surface area contributed by atoms with Gasteiger partial charge in [0.05, 0.1) is 4.92 Å². The number of hydrogen-bond acceptors (Lipinski definition) is 5. The maximum atomic E-state index is 10.7. The molecule has 0 fully saturated rings. The summed E-state index contributed by atoms with van der Waals surface area (Å²) in [6.07, 6.45) is 1.55. The molecule has 0 unspecified atom stereocenters. The summed E-state index contributed by atoms with van der Waals surface area (Å²) in [5, 5.41) is 29.5. The van der Waals surface area contributed by atoms with Crippen molar-refractivity contribution in [3.63, 3.8) is 0 Å². The van der Waals surface area contributed by atoms with Crippen molar-refractivity contribution < 1.29 is 15.1 Å². The minimum atomic E-state index is -0.742. The molecule has 0 aromatic heterocycles. The second-order valence-corrected chi connectivity index (χ2v) is 4.74. The van der Waals surface area contributed by atoms with E-state index in [0.717, 1.165) is 6.42 Å². The van der Waals surface area contributed by atoms with Gasteiger partial charge in [-0.3, -0.25) is 10.1 Å². The Kier molecular flexibility index (Phi) is 6.58. The van der Waals surface area contributed by atoms with Crippen molar-refractivity contribution in [2.24, 2.45) is 11.7 Å². The van der Waals surface area contributed by atoms with Gasteiger partial charge in [0.25, 0.3) is 0 Å². The average Bonchev–Trinajstić information content (AvgIpc) is 2.28. The molecule has 0 heterocycles. The minimum Gasteiger partial charge on any atom is -0.504 e. The van der Waals surface area contributed by atoms with Crippen LogP contribution in [-0.2, 0) is 0 Å². The summed E-state index contributed by atoms with van der Waals surface area (Å²) >= 11 is 0. The molecular weight excluding hydrogens is 272 g/mol. The molecule has 1 aromatic rings. The largest absolute Gasteiger partial charge is 0.504 e. The highest BCUT2D eigenvalue weighted by molar-refractivity contribution is 5.85. The summed E-state index contributed by atoms with van der Waals surface area (Å²) in [7, 11) is 0. The molecule has 0 spiro atoms. The Morgan fingerprint density at radius 2 is 1.89 bits per heavy atom. The summed E-state index contributed by atoms with van der Waals surface area (Å²) in [6.45, 7) is 4.12. The second-order valence-electron chi connectivity index (χ2n) is 4.74. The van der Waals surface area contributed by atoms with Gasteiger partial charge in [-0.05, 0) is 30.4 Å². The number of halogens is 1. The highest BCUT2D eigenvalue weighted by Crippen LogP contribution is 2.38. The average molecular weight is 291 g/mol. The van der Waals surface area contributed by atoms with Crippen LogP contribution in [0.5, 0.6) is 11.5 Å². The van der Waals surface area contributed by atoms with E-state index in [4.69, 9.17) is 5.73 Å². The maximum Gasteiger partial charge on any atom is 0.314 e. The molecule has 7 heteroatoms. The third-order valence-corrected chi connectivity index (χ3v) is 2.77. The third-order valence-electron chi connectivity index (χ3n) is 2.77. The van der Waals surface area contributed by atoms with E-state index in [1.54, 1.807) is 0 Å². The van der Waals surface area contributed by atoms with Crippen molar-refractivity contribution in [2.45, 2.75) is 32.7 Å². The van der Waals surface area contributed by atoms with E-state index in [0.29, 0.717) is 17.9 Å². The van der Waals surface area contributed by atoms with E-state index in [2.05, 4.69) is 13.8 Å². The fraction of sp³-hybridized carbons (Fsp3) is 0.500. The number of nitro benzene ring substituents is 1. The monoisotopic (exact) mass is 290 g/mol. The first kappa shape index (κ1) is 17.5. The van der Waals surface area contributed by atoms with Gasteiger partial charge in [-0.1, -0.05) is 13.8 Å². The molecule has 0 amide bonds. The van der Waals surface area contributed by atoms with Gasteiger partial charge < -0.3 is 15.9 Å². The van der Waals surface area contributed by atoms with Gasteiger partial charge in [-0.25, -0.2) is 0 Å². The van der Waals surface area contributed by atoms with E-state index in [9.17, 15) is 20.3 Å². The number of nitrogens with zero attached hydrogens (tertiary/aromatic N) is 1. The minimum absolute atomic E-state index is 0. The Labute approximate surface area is 117 Å². The first-order valence-electron chi connectivity index (χ1n) is 5.78. The van der Waals surface area contributed by atoms with E-state index >= 15 is 0 Å². The SMILES string of the molecule is CC(C)CC[C@H](N)c1cc(O)c(O)c([N+](=O)[O-])c1.Cl. The fourth-order valence-electron chi connectivity index (χ4n) is 1.66. The number of phenols is 2. The topological polar surface area (TPSA) is 110 Å². The standard InChI is InChI=1S/C12H18N2O4.ClH/c1-7(2)3-4-9(13)8-5-10(14(17)18)12(16)11(15)6-8;/h5-7,9,15-16H,3-4,13H2,1-2H3;1H/t9-;/m0./s1. The van der Waals surface area contributed by atoms with E-state index < -0.39 is 28.2 Å². The molecule has 1 rings (SSSR count). The van der Waals surface area contributed by atoms with Gasteiger partial charge in [-0.15, -0.1) is 12.4 Å². The molecule has 0 saturated heterocycles. The quantitative estimate of drug-likeness (QED) is 0.439. The van der Waals surface area contributed by atoms with Crippen LogP contribution in [0.3, 0.4) is 0 Å². The number of nitro groups is 1. The summed E-state index contributed by atoms with van der Waals surface area (Å²) in [4.78, 5) is 9.97. The molecule has 4 N–H and O–H groups in total. The van der Waals surface area contributed by atoms with E-state index in [-0.39, 0.29) is 12.4 Å². The summed E-state index contributed by atoms with van der Waals surface area (Å²) in [5.41, 5.74) is 5.85. The van der Waals surface area contributed by atoms with Crippen molar-refractivity contribution >= 4 is 18.1 Å². The van der Waals surface area contributed by atoms with Gasteiger partial charge in [0.1, 0.15) is 0 Å². The summed E-state index contributed by atoms with van der Waals surface area (Å²) in [5.74, 6) is -0.754. The predicted octanol–water partition coefficient (Wildman–Crippen LogP) is 2.86. The lowest BCUT2D eigenvalue weighted by Gasteiger charge is -2.14. The molecule has 19 heavy (non-hydrogen) atoms. The van der Waals surface area contributed by atoms with Gasteiger partial charge in [0, 0.05) is 12.1 Å². The zero-order valence-electron chi connectivity index (χ0n) is 10.9. The number of hydrogen-bond donors (Lipinski definition) is 3. The number of rotatable bonds is 5. The molecule has 0 aliphatic rings. The van der Waals surface area contributed by atoms with E-state index in [1.165, 1.54) is 12.1 Å². The smallest absolute Gasteiger partial charge is 0.314 e. The molecule has 0 aliphatic carbocycles. The van der Waals surface area contributed by atoms with Crippen molar-refractivity contribution in [1.29, 1.82) is 0 Å². The lowest BCUT2D eigenvalue weighted by Crippen LogP contribution is -2.11. The highest BCUT2D eigenvalue weighted by Gasteiger charge is 2.21. The van der Waals surface area contributed by atoms with Crippen molar-refractivity contribution in [2.75, 3.05) is 0 Å². The Balaban J connectivity index is 0.00000324. The van der Waals surface area contributed by atoms with Crippen molar-refractivity contribution in [3.8, 4) is 11.5 Å². The Hall–Kier alpha value is -1.53. The lowest BCUT2D eigenvalue weighted by molar-refractivity contribution is -0.386. The van der Waals surface area contributed by atoms with Gasteiger partial charge >= 0.3 is 5.69 Å². The van der Waals surface area contributed by atoms with Crippen LogP contribution in [0, 0.1) is 16.0 Å². The molecule has 0 saturated carbocycles. The molecule has 0 radical (unpaired) electrons. The third kappa shape index (κ3) is 4.57. The Bertz CT molecular complexity index is 452. The predicted molar refractivity (Wildman–Crippen MR) is 74.7 cm³/mol. The zero-order valence-corrected chi connectivity index (χ0v) is 11.7. The number of phenolic OH excluding ortho intramolecular Hbond substituents is 2. The Morgan fingerprint density at radius 3 is 2.37 bits per heavy atom. The van der Waals surface area contributed by atoms with Crippen LogP contribution >= 0.6 is 12.4 Å². The number of nitrogens with two attached hydrogens (primary N) is 1. The normalized spacial score (nSPS) is 12.0. The fourth-order valence-corrected chi connectivity index (χ4v) is 1.66. The molecule has 0 bridgehead atoms. The lowest BCUT2D eigenvalue weighted by atomic mass is 9.97. The highest BCUT2D eigenvalue weighted by atomic mass is 35.5. The molecule has 1 atom stereocenters. The molecule has 108 valence electrons. The maximum absolute atomic E-state index is 10.7. The van der Waals surface area contributed by atoms with Crippen LogP contribution in [0.25, 0.3) is 0 Å². The Morgan fingerprint density at radius 1 is 1.32 bits per heavy atom. The van der Waals surface area contributed by atoms with Crippen LogP contribution in [0.15, 0.2) is 12.1 Å². The second kappa shape index (κ2) is 7.16. The number of benzene rings is 1. The summed E-state index contributed by atoms with van der Waals surface area (Å²) in [6, 6.07) is 2.09. The molecule has 0 aliphatic heterocycles. The van der Waals surface area contributed by atoms with Crippen LogP contribution in [0.2, 0.25) is 0 Å². The first-order chi connectivity index (χ1) is 8.32. The number of aromatic hydroxyl groups is 2. The van der Waals surface area contributed by atoms with Crippen LogP contribution in [-0.4, -0.2) is 15.1 Å². The van der Waals surface area contributed by atoms with Crippen molar-refractivity contribution in [3.05, 3.63) is 27.8 Å². The van der Waals surface area contributed by atoms with Crippen LogP contribution in [0.1, 0.15) is 38.3 Å². The first-order valence-corrected chi connectivity index (χ1v) is 5.78. The van der Waals surface area contributed by atoms with E-state index in [1.807, 2.05) is 0 Å². The molecule has 1 aromatic carbocycles. The molecular formula is C12H19ClN2O4. The van der Waals surface area contributed by atoms with Gasteiger partial charge in [0.2, 0.25) is 5.75 Å². The summed E-state index contributed by atoms with van der Waals surface area (Å²) < 4.78 is 0. The molecule has 6 nitrogen and oxygen atoms in total.